The van der Waals surface area contributed by atoms with Crippen molar-refractivity contribution < 1.29 is 24.9 Å². The first-order valence-corrected chi connectivity index (χ1v) is 9.51. The number of aromatic hydroxyl groups is 1. The predicted octanol–water partition coefficient (Wildman–Crippen LogP) is -1.40. The lowest BCUT2D eigenvalue weighted by atomic mass is 9.95. The number of aliphatic hydroxyl groups excluding tert-OH is 2. The van der Waals surface area contributed by atoms with Gasteiger partial charge in [-0.25, -0.2) is 4.79 Å². The molecule has 1 aliphatic rings. The van der Waals surface area contributed by atoms with Gasteiger partial charge in [-0.1, -0.05) is 12.1 Å². The van der Waals surface area contributed by atoms with Gasteiger partial charge in [0.1, 0.15) is 23.7 Å². The van der Waals surface area contributed by atoms with Crippen LogP contribution in [0.1, 0.15) is 12.0 Å². The van der Waals surface area contributed by atoms with Gasteiger partial charge >= 0.3 is 11.7 Å². The molecule has 7 N–H and O–H groups in total. The van der Waals surface area contributed by atoms with Gasteiger partial charge in [-0.05, 0) is 36.6 Å². The number of aliphatic hydroxyl groups is 2. The largest absolute Gasteiger partial charge is 0.508 e. The monoisotopic (exact) mass is 429 g/mol. The van der Waals surface area contributed by atoms with E-state index in [2.05, 4.69) is 4.98 Å². The summed E-state index contributed by atoms with van der Waals surface area (Å²) in [5, 5.41) is 40.0. The first-order valence-electron chi connectivity index (χ1n) is 9.51. The Morgan fingerprint density at radius 1 is 1.35 bits per heavy atom. The van der Waals surface area contributed by atoms with E-state index in [-0.39, 0.29) is 31.0 Å². The maximum atomic E-state index is 12.3. The van der Waals surface area contributed by atoms with Gasteiger partial charge in [-0.2, -0.15) is 10.2 Å². The SMILES string of the molecule is N#C[C@@]1(n2ccc(N)nc2=O)C[C@H](COC(=O)[C@@H](N)Cc2ccc(O)cc2)C(O)C1O. The Morgan fingerprint density at radius 2 is 2.03 bits per heavy atom. The third-order valence-electron chi connectivity index (χ3n) is 5.45. The van der Waals surface area contributed by atoms with Gasteiger partial charge in [0.25, 0.3) is 0 Å². The number of ether oxygens (including phenoxy) is 1. The van der Waals surface area contributed by atoms with E-state index < -0.39 is 41.4 Å². The van der Waals surface area contributed by atoms with Gasteiger partial charge in [0.05, 0.1) is 18.8 Å². The zero-order chi connectivity index (χ0) is 22.8. The number of aromatic nitrogens is 2. The predicted molar refractivity (Wildman–Crippen MR) is 107 cm³/mol. The third kappa shape index (κ3) is 4.36. The first-order chi connectivity index (χ1) is 14.7. The van der Waals surface area contributed by atoms with E-state index in [9.17, 15) is 30.2 Å². The normalized spacial score (nSPS) is 26.2. The van der Waals surface area contributed by atoms with Crippen LogP contribution in [-0.2, 0) is 21.5 Å². The van der Waals surface area contributed by atoms with Gasteiger partial charge in [0.2, 0.25) is 0 Å². The van der Waals surface area contributed by atoms with E-state index in [4.69, 9.17) is 16.2 Å². The Morgan fingerprint density at radius 3 is 2.65 bits per heavy atom. The smallest absolute Gasteiger partial charge is 0.350 e. The molecule has 1 heterocycles. The van der Waals surface area contributed by atoms with E-state index in [1.807, 2.05) is 6.07 Å². The Bertz CT molecular complexity index is 1050. The molecule has 1 aromatic heterocycles. The number of esters is 1. The zero-order valence-corrected chi connectivity index (χ0v) is 16.5. The average molecular weight is 429 g/mol. The van der Waals surface area contributed by atoms with Gasteiger partial charge in [0, 0.05) is 12.1 Å². The maximum absolute atomic E-state index is 12.3. The van der Waals surface area contributed by atoms with Crippen molar-refractivity contribution in [1.82, 2.24) is 9.55 Å². The van der Waals surface area contributed by atoms with Crippen LogP contribution in [0.3, 0.4) is 0 Å². The van der Waals surface area contributed by atoms with Crippen LogP contribution in [0.5, 0.6) is 5.75 Å². The summed E-state index contributed by atoms with van der Waals surface area (Å²) in [6.07, 6.45) is -1.80. The fourth-order valence-corrected chi connectivity index (χ4v) is 3.73. The number of phenolic OH excluding ortho intramolecular Hbond substituents is 1. The summed E-state index contributed by atoms with van der Waals surface area (Å²) < 4.78 is 6.13. The minimum atomic E-state index is -1.79. The Hall–Kier alpha value is -3.46. The van der Waals surface area contributed by atoms with Crippen LogP contribution in [0.4, 0.5) is 5.82 Å². The number of carbonyl (C=O) groups excluding carboxylic acids is 1. The van der Waals surface area contributed by atoms with Crippen LogP contribution >= 0.6 is 0 Å². The molecule has 0 radical (unpaired) electrons. The number of benzene rings is 1. The highest BCUT2D eigenvalue weighted by Crippen LogP contribution is 2.40. The van der Waals surface area contributed by atoms with Crippen molar-refractivity contribution in [2.24, 2.45) is 11.7 Å². The highest BCUT2D eigenvalue weighted by Gasteiger charge is 2.55. The lowest BCUT2D eigenvalue weighted by Gasteiger charge is -2.27. The van der Waals surface area contributed by atoms with Gasteiger partial charge < -0.3 is 31.5 Å². The average Bonchev–Trinajstić information content (AvgIpc) is 2.99. The quantitative estimate of drug-likeness (QED) is 0.340. The van der Waals surface area contributed by atoms with Crippen molar-refractivity contribution in [3.8, 4) is 11.8 Å². The fourth-order valence-electron chi connectivity index (χ4n) is 3.73. The van der Waals surface area contributed by atoms with E-state index in [1.54, 1.807) is 12.1 Å². The second-order valence-electron chi connectivity index (χ2n) is 7.55. The first kappa shape index (κ1) is 22.2. The molecule has 31 heavy (non-hydrogen) atoms. The Kier molecular flexibility index (Phi) is 6.26. The lowest BCUT2D eigenvalue weighted by Crippen LogP contribution is -2.48. The summed E-state index contributed by atoms with van der Waals surface area (Å²) >= 11 is 0. The molecule has 3 rings (SSSR count). The van der Waals surface area contributed by atoms with Gasteiger partial charge in [-0.15, -0.1) is 0 Å². The van der Waals surface area contributed by atoms with E-state index in [0.717, 1.165) is 10.1 Å². The van der Waals surface area contributed by atoms with E-state index in [0.29, 0.717) is 0 Å². The number of nitrogens with zero attached hydrogens (tertiary/aromatic N) is 3. The number of carbonyl (C=O) groups is 1. The molecule has 0 amide bonds. The molecular weight excluding hydrogens is 406 g/mol. The van der Waals surface area contributed by atoms with Crippen LogP contribution < -0.4 is 17.2 Å². The number of anilines is 1. The second-order valence-corrected chi connectivity index (χ2v) is 7.55. The lowest BCUT2D eigenvalue weighted by molar-refractivity contribution is -0.147. The highest BCUT2D eigenvalue weighted by atomic mass is 16.5. The summed E-state index contributed by atoms with van der Waals surface area (Å²) in [4.78, 5) is 28.0. The van der Waals surface area contributed by atoms with Crippen LogP contribution in [0, 0.1) is 17.2 Å². The third-order valence-corrected chi connectivity index (χ3v) is 5.45. The van der Waals surface area contributed by atoms with Crippen LogP contribution in [0.15, 0.2) is 41.3 Å². The number of rotatable bonds is 6. The summed E-state index contributed by atoms with van der Waals surface area (Å²) in [6, 6.07) is 8.40. The Balaban J connectivity index is 1.68. The molecule has 0 spiro atoms. The molecular formula is C20H23N5O6. The molecule has 2 aromatic rings. The van der Waals surface area contributed by atoms with Crippen molar-refractivity contribution in [2.45, 2.75) is 36.6 Å². The maximum Gasteiger partial charge on any atom is 0.350 e. The number of nitrogens with two attached hydrogens (primary N) is 2. The molecule has 11 heteroatoms. The molecule has 1 saturated carbocycles. The summed E-state index contributed by atoms with van der Waals surface area (Å²) in [5.41, 5.74) is 9.43. The minimum Gasteiger partial charge on any atom is -0.508 e. The molecule has 1 fully saturated rings. The van der Waals surface area contributed by atoms with Gasteiger partial charge in [-0.3, -0.25) is 9.36 Å². The molecule has 0 saturated heterocycles. The molecule has 11 nitrogen and oxygen atoms in total. The number of phenols is 1. The second kappa shape index (κ2) is 8.73. The van der Waals surface area contributed by atoms with Crippen LogP contribution in [0.2, 0.25) is 0 Å². The number of hydrogen-bond acceptors (Lipinski definition) is 10. The molecule has 0 aliphatic heterocycles. The molecule has 1 aliphatic carbocycles. The topological polar surface area (TPSA) is 198 Å². The van der Waals surface area contributed by atoms with E-state index in [1.165, 1.54) is 24.4 Å². The molecule has 164 valence electrons. The molecule has 0 bridgehead atoms. The Labute approximate surface area is 177 Å². The van der Waals surface area contributed by atoms with Gasteiger partial charge in [0.15, 0.2) is 5.54 Å². The van der Waals surface area contributed by atoms with Crippen molar-refractivity contribution in [1.29, 1.82) is 5.26 Å². The highest BCUT2D eigenvalue weighted by molar-refractivity contribution is 5.75. The zero-order valence-electron chi connectivity index (χ0n) is 16.5. The number of hydrogen-bond donors (Lipinski definition) is 5. The standard InChI is InChI=1S/C20H23N5O6/c21-10-20(25-6-5-15(23)24-19(25)30)8-12(16(27)17(20)28)9-31-18(29)14(22)7-11-1-3-13(26)4-2-11/h1-6,12,14,16-17,26-28H,7-9,22H2,(H2,23,24,30)/t12-,14+,16?,17?,20+/m1/s1. The van der Waals surface area contributed by atoms with E-state index >= 15 is 0 Å². The van der Waals surface area contributed by atoms with Crippen molar-refractivity contribution >= 4 is 11.8 Å². The number of nitrogen functional groups attached to an aromatic ring is 1. The summed E-state index contributed by atoms with van der Waals surface area (Å²) in [6.45, 7) is -0.305. The summed E-state index contributed by atoms with van der Waals surface area (Å²) in [5.74, 6) is -1.50. The van der Waals surface area contributed by atoms with Crippen molar-refractivity contribution in [3.63, 3.8) is 0 Å². The van der Waals surface area contributed by atoms with Crippen LogP contribution in [0.25, 0.3) is 0 Å². The van der Waals surface area contributed by atoms with Crippen molar-refractivity contribution in [2.75, 3.05) is 12.3 Å². The fraction of sp³-hybridized carbons (Fsp3) is 0.400. The molecule has 1 aromatic carbocycles. The summed E-state index contributed by atoms with van der Waals surface area (Å²) in [7, 11) is 0. The van der Waals surface area contributed by atoms with Crippen LogP contribution in [-0.4, -0.2) is 55.7 Å². The molecule has 2 unspecified atom stereocenters. The number of nitriles is 1. The van der Waals surface area contributed by atoms with Crippen molar-refractivity contribution in [3.05, 3.63) is 52.6 Å². The minimum absolute atomic E-state index is 0.0459. The molecule has 5 atom stereocenters.